The molecule has 0 amide bonds. The second-order valence-corrected chi connectivity index (χ2v) is 8.64. The third-order valence-corrected chi connectivity index (χ3v) is 5.87. The van der Waals surface area contributed by atoms with E-state index in [0.717, 1.165) is 11.1 Å². The van der Waals surface area contributed by atoms with Crippen molar-refractivity contribution in [1.82, 2.24) is 0 Å². The summed E-state index contributed by atoms with van der Waals surface area (Å²) in [5.74, 6) is 0. The van der Waals surface area contributed by atoms with E-state index in [1.807, 2.05) is 18.4 Å². The van der Waals surface area contributed by atoms with E-state index in [4.69, 9.17) is 0 Å². The van der Waals surface area contributed by atoms with E-state index in [1.54, 1.807) is 12.1 Å². The van der Waals surface area contributed by atoms with Crippen LogP contribution in [0.1, 0.15) is 75.3 Å². The first-order valence-electron chi connectivity index (χ1n) is 8.99. The minimum absolute atomic E-state index is 0. The fraction of sp³-hybridized carbons (Fsp3) is 0.375. The molecule has 0 saturated heterocycles. The molecule has 26 heavy (non-hydrogen) atoms. The number of carbonyl (C=O) groups excluding carboxylic acids is 1. The average Bonchev–Trinajstić information content (AvgIpc) is 2.58. The van der Waals surface area contributed by atoms with E-state index in [0.29, 0.717) is 5.56 Å². The van der Waals surface area contributed by atoms with Crippen LogP contribution in [0.15, 0.2) is 43.0 Å². The summed E-state index contributed by atoms with van der Waals surface area (Å²) in [5, 5.41) is 0. The Kier molecular flexibility index (Phi) is 6.92. The monoisotopic (exact) mass is 465 g/mol. The van der Waals surface area contributed by atoms with E-state index < -0.39 is 0 Å². The summed E-state index contributed by atoms with van der Waals surface area (Å²) in [6.45, 7) is 15.9. The zero-order valence-electron chi connectivity index (χ0n) is 18.0. The molecule has 0 saturated carbocycles. The summed E-state index contributed by atoms with van der Waals surface area (Å²) >= 11 is 0. The van der Waals surface area contributed by atoms with E-state index >= 15 is 0 Å². The molecule has 0 aliphatic heterocycles. The van der Waals surface area contributed by atoms with E-state index in [9.17, 15) is 4.79 Å². The van der Waals surface area contributed by atoms with Gasteiger partial charge in [-0.05, 0) is 64.0 Å². The Morgan fingerprint density at radius 3 is 2.00 bits per heavy atom. The fourth-order valence-electron chi connectivity index (χ4n) is 3.94. The average molecular weight is 465 g/mol. The third kappa shape index (κ3) is 4.16. The van der Waals surface area contributed by atoms with Crippen molar-refractivity contribution in [3.8, 4) is 0 Å². The van der Waals surface area contributed by atoms with Crippen LogP contribution in [0.2, 0.25) is 0 Å². The molecule has 132 valence electrons. The van der Waals surface area contributed by atoms with Gasteiger partial charge in [0.1, 0.15) is 0 Å². The fourth-order valence-corrected chi connectivity index (χ4v) is 3.94. The van der Waals surface area contributed by atoms with Crippen molar-refractivity contribution in [3.05, 3.63) is 76.4 Å². The molecule has 2 aromatic rings. The van der Waals surface area contributed by atoms with E-state index in [2.05, 4.69) is 53.3 Å². The Morgan fingerprint density at radius 1 is 1.00 bits per heavy atom. The van der Waals surface area contributed by atoms with Crippen LogP contribution in [-0.2, 0) is 15.6 Å². The van der Waals surface area contributed by atoms with Crippen LogP contribution in [-0.4, -0.2) is 6.29 Å². The maximum atomic E-state index is 10.8. The summed E-state index contributed by atoms with van der Waals surface area (Å²) in [6, 6.07) is 12.2. The maximum Gasteiger partial charge on any atom is 1.00 e. The minimum Gasteiger partial charge on any atom is -1.00 e. The van der Waals surface area contributed by atoms with Crippen molar-refractivity contribution in [2.24, 2.45) is 0 Å². The van der Waals surface area contributed by atoms with Crippen molar-refractivity contribution < 1.29 is 75.1 Å². The topological polar surface area (TPSA) is 17.1 Å². The number of hydrogen-bond acceptors (Lipinski definition) is 1. The predicted molar refractivity (Wildman–Crippen MR) is 107 cm³/mol. The van der Waals surface area contributed by atoms with Crippen molar-refractivity contribution in [2.75, 3.05) is 0 Å². The molecular formula is C24H28CsO-. The zero-order chi connectivity index (χ0) is 18.4. The third-order valence-electron chi connectivity index (χ3n) is 5.87. The molecule has 0 radical (unpaired) electrons. The Morgan fingerprint density at radius 2 is 1.50 bits per heavy atom. The van der Waals surface area contributed by atoms with Crippen LogP contribution in [0.25, 0.3) is 5.57 Å². The van der Waals surface area contributed by atoms with Gasteiger partial charge in [-0.15, -0.1) is 12.1 Å². The molecule has 0 atom stereocenters. The van der Waals surface area contributed by atoms with Gasteiger partial charge in [0.15, 0.2) is 0 Å². The molecule has 1 aliphatic carbocycles. The van der Waals surface area contributed by atoms with Gasteiger partial charge >= 0.3 is 68.9 Å². The van der Waals surface area contributed by atoms with Gasteiger partial charge in [0, 0.05) is 0 Å². The molecule has 3 rings (SSSR count). The summed E-state index contributed by atoms with van der Waals surface area (Å²) < 4.78 is 0. The molecule has 2 heteroatoms. The SMILES string of the molecule is C=C(c1ccc([C-]=O)cc1)c1cc2c(cc1C)C(C)(C)CCC2(C)C.[Cs+].[H-]. The first-order chi connectivity index (χ1) is 11.7. The van der Waals surface area contributed by atoms with Crippen LogP contribution < -0.4 is 68.9 Å². The molecule has 1 nitrogen and oxygen atoms in total. The second kappa shape index (κ2) is 8.10. The van der Waals surface area contributed by atoms with Crippen LogP contribution >= 0.6 is 0 Å². The number of rotatable bonds is 3. The summed E-state index contributed by atoms with van der Waals surface area (Å²) in [7, 11) is 0. The van der Waals surface area contributed by atoms with Crippen molar-refractivity contribution in [3.63, 3.8) is 0 Å². The molecule has 0 heterocycles. The Hall–Kier alpha value is -0.0981. The molecule has 0 spiro atoms. The summed E-state index contributed by atoms with van der Waals surface area (Å²) in [4.78, 5) is 10.8. The van der Waals surface area contributed by atoms with E-state index in [-0.39, 0.29) is 81.2 Å². The van der Waals surface area contributed by atoms with Crippen LogP contribution in [0, 0.1) is 6.92 Å². The van der Waals surface area contributed by atoms with Gasteiger partial charge in [0.05, 0.1) is 6.29 Å². The largest absolute Gasteiger partial charge is 1.00 e. The molecule has 1 aliphatic rings. The predicted octanol–water partition coefficient (Wildman–Crippen LogP) is 2.98. The molecule has 0 bridgehead atoms. The Bertz CT molecular complexity index is 847. The van der Waals surface area contributed by atoms with Crippen molar-refractivity contribution in [1.29, 1.82) is 0 Å². The molecule has 0 aromatic heterocycles. The van der Waals surface area contributed by atoms with Gasteiger partial charge in [-0.3, -0.25) is 0 Å². The zero-order valence-corrected chi connectivity index (χ0v) is 23.3. The van der Waals surface area contributed by atoms with Gasteiger partial charge in [0.25, 0.3) is 0 Å². The molecule has 0 N–H and O–H groups in total. The number of aryl methyl sites for hydroxylation is 1. The van der Waals surface area contributed by atoms with Gasteiger partial charge < -0.3 is 6.22 Å². The number of hydrogen-bond donors (Lipinski definition) is 0. The van der Waals surface area contributed by atoms with Crippen molar-refractivity contribution in [2.45, 2.75) is 58.3 Å². The molecule has 0 unspecified atom stereocenters. The standard InChI is InChI=1S/C24H27O.Cs.H/c1-16-13-21-22(24(5,6)12-11-23(21,3)4)14-20(16)17(2)19-9-7-18(15-25)8-10-19;;/h7-10,13-14H,2,11-12H2,1,3-6H3;;/q-1;+1;-1. The molecule has 2 aromatic carbocycles. The normalized spacial score (nSPS) is 17.0. The number of fused-ring (bicyclic) bond motifs is 1. The quantitative estimate of drug-likeness (QED) is 0.638. The number of benzene rings is 2. The first-order valence-corrected chi connectivity index (χ1v) is 8.99. The molecular weight excluding hydrogens is 437 g/mol. The van der Waals surface area contributed by atoms with Crippen LogP contribution in [0.4, 0.5) is 0 Å². The van der Waals surface area contributed by atoms with Gasteiger partial charge in [-0.2, -0.15) is 17.7 Å². The molecule has 0 fully saturated rings. The Labute approximate surface area is 218 Å². The van der Waals surface area contributed by atoms with Gasteiger partial charge in [-0.1, -0.05) is 46.4 Å². The van der Waals surface area contributed by atoms with Gasteiger partial charge in [-0.25, -0.2) is 0 Å². The maximum absolute atomic E-state index is 10.8. The summed E-state index contributed by atoms with van der Waals surface area (Å²) in [5.41, 5.74) is 8.43. The van der Waals surface area contributed by atoms with E-state index in [1.165, 1.54) is 35.1 Å². The first kappa shape index (κ1) is 22.2. The smallest absolute Gasteiger partial charge is 1.00 e. The van der Waals surface area contributed by atoms with Crippen LogP contribution in [0.3, 0.4) is 0 Å². The minimum atomic E-state index is 0. The Balaban J connectivity index is 0.00000182. The van der Waals surface area contributed by atoms with Crippen LogP contribution in [0.5, 0.6) is 0 Å². The second-order valence-electron chi connectivity index (χ2n) is 8.64. The van der Waals surface area contributed by atoms with Crippen molar-refractivity contribution >= 4 is 11.9 Å². The van der Waals surface area contributed by atoms with Gasteiger partial charge in [0.2, 0.25) is 0 Å². The summed E-state index contributed by atoms with van der Waals surface area (Å²) in [6.07, 6.45) is 4.34.